The minimum absolute atomic E-state index is 0.160. The summed E-state index contributed by atoms with van der Waals surface area (Å²) in [7, 11) is 0. The van der Waals surface area contributed by atoms with E-state index < -0.39 is 0 Å². The fraction of sp³-hybridized carbons (Fsp3) is 0.235. The molecule has 1 aromatic heterocycles. The molecule has 20 heavy (non-hydrogen) atoms. The third-order valence-electron chi connectivity index (χ3n) is 4.39. The molecule has 3 heteroatoms. The predicted molar refractivity (Wildman–Crippen MR) is 77.0 cm³/mol. The third-order valence-corrected chi connectivity index (χ3v) is 4.39. The number of halogens is 1. The Kier molecular flexibility index (Phi) is 2.59. The first-order valence-corrected chi connectivity index (χ1v) is 6.95. The van der Waals surface area contributed by atoms with Crippen LogP contribution in [0.1, 0.15) is 29.5 Å². The van der Waals surface area contributed by atoms with Crippen LogP contribution in [0.4, 0.5) is 10.1 Å². The zero-order chi connectivity index (χ0) is 13.5. The molecule has 0 amide bonds. The van der Waals surface area contributed by atoms with Gasteiger partial charge in [-0.15, -0.1) is 0 Å². The highest BCUT2D eigenvalue weighted by Gasteiger charge is 2.37. The van der Waals surface area contributed by atoms with E-state index in [1.54, 1.807) is 6.07 Å². The lowest BCUT2D eigenvalue weighted by atomic mass is 9.77. The number of benzene rings is 1. The number of hydrogen-bond acceptors (Lipinski definition) is 2. The average Bonchev–Trinajstić information content (AvgIpc) is 2.97. The van der Waals surface area contributed by atoms with E-state index in [0.29, 0.717) is 11.8 Å². The number of hydrogen-bond donors (Lipinski definition) is 1. The molecule has 4 rings (SSSR count). The Morgan fingerprint density at radius 2 is 2.00 bits per heavy atom. The molecule has 1 N–H and O–H groups in total. The van der Waals surface area contributed by atoms with Crippen LogP contribution in [-0.4, -0.2) is 4.98 Å². The van der Waals surface area contributed by atoms with Crippen molar-refractivity contribution in [3.63, 3.8) is 0 Å². The van der Waals surface area contributed by atoms with Gasteiger partial charge in [-0.05, 0) is 53.8 Å². The molecule has 2 heterocycles. The molecule has 0 spiro atoms. The van der Waals surface area contributed by atoms with Gasteiger partial charge in [-0.25, -0.2) is 4.39 Å². The van der Waals surface area contributed by atoms with Crippen molar-refractivity contribution in [3.8, 4) is 0 Å². The van der Waals surface area contributed by atoms with Crippen molar-refractivity contribution < 1.29 is 4.39 Å². The van der Waals surface area contributed by atoms with Gasteiger partial charge in [0.05, 0.1) is 6.04 Å². The molecule has 100 valence electrons. The van der Waals surface area contributed by atoms with Crippen LogP contribution < -0.4 is 5.32 Å². The van der Waals surface area contributed by atoms with Crippen molar-refractivity contribution in [2.75, 3.05) is 5.32 Å². The summed E-state index contributed by atoms with van der Waals surface area (Å²) in [5.41, 5.74) is 3.36. The number of anilines is 1. The van der Waals surface area contributed by atoms with Gasteiger partial charge in [0.1, 0.15) is 5.82 Å². The van der Waals surface area contributed by atoms with Gasteiger partial charge in [-0.1, -0.05) is 12.2 Å². The molecule has 0 fully saturated rings. The van der Waals surface area contributed by atoms with Crippen LogP contribution in [-0.2, 0) is 0 Å². The summed E-state index contributed by atoms with van der Waals surface area (Å²) in [5.74, 6) is 0.596. The maximum absolute atomic E-state index is 13.5. The second-order valence-electron chi connectivity index (χ2n) is 5.49. The largest absolute Gasteiger partial charge is 0.378 e. The Hall–Kier alpha value is -2.16. The smallest absolute Gasteiger partial charge is 0.123 e. The number of rotatable bonds is 1. The van der Waals surface area contributed by atoms with Gasteiger partial charge < -0.3 is 5.32 Å². The SMILES string of the molecule is Fc1ccc2c(c1)[C@@H]1C=CC[C@H]1[C@H](c1ccncc1)N2. The summed E-state index contributed by atoms with van der Waals surface area (Å²) in [6.45, 7) is 0. The van der Waals surface area contributed by atoms with Crippen LogP contribution in [0, 0.1) is 11.7 Å². The van der Waals surface area contributed by atoms with Crippen LogP contribution in [0.15, 0.2) is 54.9 Å². The van der Waals surface area contributed by atoms with Crippen LogP contribution in [0.2, 0.25) is 0 Å². The van der Waals surface area contributed by atoms with E-state index in [9.17, 15) is 4.39 Å². The number of allylic oxidation sites excluding steroid dienone is 2. The minimum Gasteiger partial charge on any atom is -0.378 e. The van der Waals surface area contributed by atoms with Crippen LogP contribution in [0.3, 0.4) is 0 Å². The molecule has 0 unspecified atom stereocenters. The highest BCUT2D eigenvalue weighted by atomic mass is 19.1. The van der Waals surface area contributed by atoms with Crippen LogP contribution in [0.25, 0.3) is 0 Å². The van der Waals surface area contributed by atoms with Crippen LogP contribution >= 0.6 is 0 Å². The summed E-state index contributed by atoms with van der Waals surface area (Å²) < 4.78 is 13.5. The summed E-state index contributed by atoms with van der Waals surface area (Å²) in [6.07, 6.45) is 9.12. The lowest BCUT2D eigenvalue weighted by molar-refractivity contribution is 0.424. The Morgan fingerprint density at radius 3 is 2.85 bits per heavy atom. The van der Waals surface area contributed by atoms with Crippen molar-refractivity contribution in [1.82, 2.24) is 4.98 Å². The molecular formula is C17H15FN2. The summed E-state index contributed by atoms with van der Waals surface area (Å²) >= 11 is 0. The maximum atomic E-state index is 13.5. The van der Waals surface area contributed by atoms with Crippen LogP contribution in [0.5, 0.6) is 0 Å². The second-order valence-corrected chi connectivity index (χ2v) is 5.49. The standard InChI is InChI=1S/C17H15FN2/c18-12-4-5-16-15(10-12)13-2-1-3-14(13)17(20-16)11-6-8-19-9-7-11/h1-2,4-10,13-14,17,20H,3H2/t13-,14-,17+/m1/s1. The lowest BCUT2D eigenvalue weighted by Crippen LogP contribution is -2.29. The molecular weight excluding hydrogens is 251 g/mol. The first kappa shape index (κ1) is 11.6. The van der Waals surface area contributed by atoms with Crippen molar-refractivity contribution in [3.05, 3.63) is 71.8 Å². The number of nitrogens with zero attached hydrogens (tertiary/aromatic N) is 1. The van der Waals surface area contributed by atoms with Gasteiger partial charge >= 0.3 is 0 Å². The van der Waals surface area contributed by atoms with E-state index in [4.69, 9.17) is 0 Å². The zero-order valence-corrected chi connectivity index (χ0v) is 11.0. The number of aromatic nitrogens is 1. The molecule has 0 radical (unpaired) electrons. The van der Waals surface area contributed by atoms with Gasteiger partial charge in [0.25, 0.3) is 0 Å². The first-order valence-electron chi connectivity index (χ1n) is 6.95. The Balaban J connectivity index is 1.80. The van der Waals surface area contributed by atoms with Gasteiger partial charge in [-0.3, -0.25) is 4.98 Å². The quantitative estimate of drug-likeness (QED) is 0.788. The molecule has 0 saturated carbocycles. The lowest BCUT2D eigenvalue weighted by Gasteiger charge is -2.37. The van der Waals surface area contributed by atoms with E-state index in [2.05, 4.69) is 34.6 Å². The molecule has 3 atom stereocenters. The van der Waals surface area contributed by atoms with Gasteiger partial charge in [0, 0.05) is 24.0 Å². The molecule has 2 aliphatic rings. The summed E-state index contributed by atoms with van der Waals surface area (Å²) in [4.78, 5) is 4.09. The fourth-order valence-electron chi connectivity index (χ4n) is 3.47. The van der Waals surface area contributed by atoms with E-state index in [0.717, 1.165) is 17.7 Å². The highest BCUT2D eigenvalue weighted by Crippen LogP contribution is 2.49. The monoisotopic (exact) mass is 266 g/mol. The van der Waals surface area contributed by atoms with Crippen molar-refractivity contribution in [1.29, 1.82) is 0 Å². The Bertz CT molecular complexity index is 666. The number of nitrogens with one attached hydrogen (secondary N) is 1. The molecule has 2 nitrogen and oxygen atoms in total. The topological polar surface area (TPSA) is 24.9 Å². The van der Waals surface area contributed by atoms with Gasteiger partial charge in [0.15, 0.2) is 0 Å². The Morgan fingerprint density at radius 1 is 1.15 bits per heavy atom. The second kappa shape index (κ2) is 4.44. The van der Waals surface area contributed by atoms with Crippen molar-refractivity contribution >= 4 is 5.69 Å². The minimum atomic E-state index is -0.160. The third kappa shape index (κ3) is 1.73. The van der Waals surface area contributed by atoms with E-state index in [1.807, 2.05) is 18.5 Å². The molecule has 1 aromatic carbocycles. The average molecular weight is 266 g/mol. The van der Waals surface area contributed by atoms with Crippen molar-refractivity contribution in [2.45, 2.75) is 18.4 Å². The van der Waals surface area contributed by atoms with Gasteiger partial charge in [0.2, 0.25) is 0 Å². The zero-order valence-electron chi connectivity index (χ0n) is 11.0. The number of fused-ring (bicyclic) bond motifs is 3. The van der Waals surface area contributed by atoms with Crippen molar-refractivity contribution in [2.24, 2.45) is 5.92 Å². The first-order chi connectivity index (χ1) is 9.83. The van der Waals surface area contributed by atoms with E-state index in [-0.39, 0.29) is 11.9 Å². The number of pyridine rings is 1. The molecule has 1 aliphatic carbocycles. The summed E-state index contributed by atoms with van der Waals surface area (Å²) in [5, 5.41) is 3.58. The normalized spacial score (nSPS) is 26.8. The summed E-state index contributed by atoms with van der Waals surface area (Å²) in [6, 6.07) is 9.41. The molecule has 0 saturated heterocycles. The molecule has 1 aliphatic heterocycles. The predicted octanol–water partition coefficient (Wildman–Crippen LogP) is 4.05. The fourth-order valence-corrected chi connectivity index (χ4v) is 3.47. The maximum Gasteiger partial charge on any atom is 0.123 e. The van der Waals surface area contributed by atoms with Gasteiger partial charge in [-0.2, -0.15) is 0 Å². The van der Waals surface area contributed by atoms with E-state index in [1.165, 1.54) is 11.6 Å². The van der Waals surface area contributed by atoms with E-state index >= 15 is 0 Å². The molecule has 0 bridgehead atoms. The molecule has 2 aromatic rings. The Labute approximate surface area is 117 Å². The highest BCUT2D eigenvalue weighted by molar-refractivity contribution is 5.59.